The Bertz CT molecular complexity index is 1040. The van der Waals surface area contributed by atoms with Crippen LogP contribution in [0.25, 0.3) is 0 Å². The Hall–Kier alpha value is -2.26. The van der Waals surface area contributed by atoms with E-state index < -0.39 is 32.7 Å². The Morgan fingerprint density at radius 1 is 1.07 bits per heavy atom. The Morgan fingerprint density at radius 2 is 1.72 bits per heavy atom. The van der Waals surface area contributed by atoms with Crippen LogP contribution < -0.4 is 9.47 Å². The Morgan fingerprint density at radius 3 is 2.41 bits per heavy atom. The summed E-state index contributed by atoms with van der Waals surface area (Å²) in [7, 11) is -4.35. The third kappa shape index (κ3) is 3.57. The molecular weight excluding hydrogens is 407 g/mol. The van der Waals surface area contributed by atoms with E-state index in [4.69, 9.17) is 9.47 Å². The van der Waals surface area contributed by atoms with E-state index in [-0.39, 0.29) is 6.54 Å². The van der Waals surface area contributed by atoms with Crippen LogP contribution >= 0.6 is 0 Å². The number of sulfonamides is 1. The average molecular weight is 427 g/mol. The van der Waals surface area contributed by atoms with Crippen molar-refractivity contribution >= 4 is 10.0 Å². The van der Waals surface area contributed by atoms with Gasteiger partial charge in [0.05, 0.1) is 23.7 Å². The molecular formula is C20H20F3NO4S. The van der Waals surface area contributed by atoms with Crippen molar-refractivity contribution in [1.29, 1.82) is 0 Å². The molecule has 9 heteroatoms. The van der Waals surface area contributed by atoms with Gasteiger partial charge in [0.1, 0.15) is 0 Å². The van der Waals surface area contributed by atoms with Gasteiger partial charge in [0.25, 0.3) is 0 Å². The lowest BCUT2D eigenvalue weighted by Gasteiger charge is -2.35. The lowest BCUT2D eigenvalue weighted by Crippen LogP contribution is -2.39. The van der Waals surface area contributed by atoms with E-state index in [2.05, 4.69) is 0 Å². The normalized spacial score (nSPS) is 20.1. The zero-order valence-corrected chi connectivity index (χ0v) is 16.5. The molecule has 156 valence electrons. The first-order chi connectivity index (χ1) is 13.7. The first kappa shape index (κ1) is 20.0. The van der Waals surface area contributed by atoms with Crippen molar-refractivity contribution in [2.24, 2.45) is 0 Å². The van der Waals surface area contributed by atoms with Crippen LogP contribution in [0.3, 0.4) is 0 Å². The molecule has 0 aliphatic carbocycles. The minimum Gasteiger partial charge on any atom is -0.490 e. The largest absolute Gasteiger partial charge is 0.490 e. The van der Waals surface area contributed by atoms with Crippen LogP contribution in [0.15, 0.2) is 41.3 Å². The van der Waals surface area contributed by atoms with Crippen LogP contribution in [-0.4, -0.2) is 32.5 Å². The lowest BCUT2D eigenvalue weighted by molar-refractivity contribution is -0.139. The molecule has 2 aliphatic heterocycles. The number of fused-ring (bicyclic) bond motifs is 2. The maximum Gasteiger partial charge on any atom is 0.417 e. The lowest BCUT2D eigenvalue weighted by atomic mass is 9.94. The van der Waals surface area contributed by atoms with Crippen molar-refractivity contribution in [1.82, 2.24) is 4.31 Å². The highest BCUT2D eigenvalue weighted by Gasteiger charge is 2.41. The molecule has 0 unspecified atom stereocenters. The van der Waals surface area contributed by atoms with E-state index in [0.717, 1.165) is 28.4 Å². The summed E-state index contributed by atoms with van der Waals surface area (Å²) in [5.41, 5.74) is 0.475. The van der Waals surface area contributed by atoms with Crippen molar-refractivity contribution in [3.63, 3.8) is 0 Å². The smallest absolute Gasteiger partial charge is 0.417 e. The van der Waals surface area contributed by atoms with Crippen molar-refractivity contribution in [2.75, 3.05) is 19.8 Å². The van der Waals surface area contributed by atoms with Gasteiger partial charge in [0, 0.05) is 19.0 Å². The van der Waals surface area contributed by atoms with Gasteiger partial charge in [-0.3, -0.25) is 0 Å². The van der Waals surface area contributed by atoms with Gasteiger partial charge in [-0.15, -0.1) is 0 Å². The summed E-state index contributed by atoms with van der Waals surface area (Å²) < 4.78 is 79.1. The van der Waals surface area contributed by atoms with Gasteiger partial charge in [-0.2, -0.15) is 17.5 Å². The molecule has 0 saturated heterocycles. The van der Waals surface area contributed by atoms with Crippen LogP contribution in [0.4, 0.5) is 13.2 Å². The maximum absolute atomic E-state index is 13.4. The van der Waals surface area contributed by atoms with E-state index in [9.17, 15) is 21.6 Å². The third-order valence-corrected chi connectivity index (χ3v) is 7.30. The molecule has 0 fully saturated rings. The third-order valence-electron chi connectivity index (χ3n) is 5.27. The van der Waals surface area contributed by atoms with Crippen LogP contribution in [0.2, 0.25) is 0 Å². The standard InChI is InChI=1S/C20H20F3NO4S/c1-13-15-12-18-17(27-9-4-10-28-18)11-14(15)7-8-24(13)29(25,26)19-6-3-2-5-16(19)20(21,22)23/h2-3,5-6,11-13H,4,7-10H2,1H3/t13-/m1/s1. The molecule has 5 nitrogen and oxygen atoms in total. The van der Waals surface area contributed by atoms with Crippen molar-refractivity contribution in [2.45, 2.75) is 36.9 Å². The van der Waals surface area contributed by atoms with Crippen LogP contribution in [-0.2, 0) is 22.6 Å². The van der Waals surface area contributed by atoms with E-state index in [1.165, 1.54) is 12.1 Å². The number of alkyl halides is 3. The monoisotopic (exact) mass is 427 g/mol. The molecule has 2 aromatic rings. The van der Waals surface area contributed by atoms with Gasteiger partial charge in [-0.25, -0.2) is 8.42 Å². The first-order valence-corrected chi connectivity index (χ1v) is 10.7. The molecule has 2 aromatic carbocycles. The van der Waals surface area contributed by atoms with E-state index in [1.54, 1.807) is 13.0 Å². The predicted octanol–water partition coefficient (Wildman–Crippen LogP) is 4.17. The van der Waals surface area contributed by atoms with Gasteiger partial charge >= 0.3 is 6.18 Å². The maximum atomic E-state index is 13.4. The molecule has 0 N–H and O–H groups in total. The topological polar surface area (TPSA) is 55.8 Å². The first-order valence-electron chi connectivity index (χ1n) is 9.30. The Labute approximate surface area is 167 Å². The fraction of sp³-hybridized carbons (Fsp3) is 0.400. The summed E-state index contributed by atoms with van der Waals surface area (Å²) in [6.45, 7) is 2.79. The average Bonchev–Trinajstić information content (AvgIpc) is 2.91. The SMILES string of the molecule is C[C@@H]1c2cc3c(cc2CCN1S(=O)(=O)c1ccccc1C(F)(F)F)OCCCO3. The highest BCUT2D eigenvalue weighted by Crippen LogP contribution is 2.42. The van der Waals surface area contributed by atoms with Gasteiger partial charge < -0.3 is 9.47 Å². The number of hydrogen-bond donors (Lipinski definition) is 0. The van der Waals surface area contributed by atoms with E-state index in [1.807, 2.05) is 6.07 Å². The number of ether oxygens (including phenoxy) is 2. The summed E-state index contributed by atoms with van der Waals surface area (Å²) in [5, 5.41) is 0. The molecule has 2 aliphatic rings. The summed E-state index contributed by atoms with van der Waals surface area (Å²) in [5.74, 6) is 1.15. The van der Waals surface area contributed by atoms with Gasteiger partial charge in [-0.05, 0) is 48.7 Å². The van der Waals surface area contributed by atoms with Crippen LogP contribution in [0.5, 0.6) is 11.5 Å². The fourth-order valence-corrected chi connectivity index (χ4v) is 5.66. The fourth-order valence-electron chi connectivity index (χ4n) is 3.83. The summed E-state index contributed by atoms with van der Waals surface area (Å²) in [6, 6.07) is 7.24. The molecule has 0 spiro atoms. The molecule has 4 rings (SSSR count). The summed E-state index contributed by atoms with van der Waals surface area (Å²) in [4.78, 5) is -0.725. The molecule has 1 atom stereocenters. The molecule has 0 amide bonds. The van der Waals surface area contributed by atoms with Crippen molar-refractivity contribution in [3.8, 4) is 11.5 Å². The van der Waals surface area contributed by atoms with E-state index in [0.29, 0.717) is 36.7 Å². The molecule has 0 bridgehead atoms. The van der Waals surface area contributed by atoms with Crippen LogP contribution in [0, 0.1) is 0 Å². The molecule has 0 aromatic heterocycles. The highest BCUT2D eigenvalue weighted by molar-refractivity contribution is 7.89. The number of halogens is 3. The van der Waals surface area contributed by atoms with Crippen LogP contribution in [0.1, 0.15) is 36.1 Å². The highest BCUT2D eigenvalue weighted by atomic mass is 32.2. The second-order valence-corrected chi connectivity index (χ2v) is 8.94. The molecule has 0 saturated carbocycles. The minimum absolute atomic E-state index is 0.0857. The van der Waals surface area contributed by atoms with Gasteiger partial charge in [0.2, 0.25) is 10.0 Å². The van der Waals surface area contributed by atoms with Crippen molar-refractivity contribution < 1.29 is 31.1 Å². The second kappa shape index (κ2) is 7.21. The van der Waals surface area contributed by atoms with Crippen molar-refractivity contribution in [3.05, 3.63) is 53.1 Å². The Balaban J connectivity index is 1.75. The van der Waals surface area contributed by atoms with Gasteiger partial charge in [0.15, 0.2) is 11.5 Å². The number of benzene rings is 2. The predicted molar refractivity (Wildman–Crippen MR) is 99.5 cm³/mol. The molecule has 0 radical (unpaired) electrons. The summed E-state index contributed by atoms with van der Waals surface area (Å²) >= 11 is 0. The zero-order valence-electron chi connectivity index (χ0n) is 15.7. The number of hydrogen-bond acceptors (Lipinski definition) is 4. The number of rotatable bonds is 2. The van der Waals surface area contributed by atoms with E-state index >= 15 is 0 Å². The quantitative estimate of drug-likeness (QED) is 0.722. The Kier molecular flexibility index (Phi) is 4.98. The number of nitrogens with zero attached hydrogens (tertiary/aromatic N) is 1. The minimum atomic E-state index is -4.76. The summed E-state index contributed by atoms with van der Waals surface area (Å²) in [6.07, 6.45) is -3.64. The van der Waals surface area contributed by atoms with Gasteiger partial charge in [-0.1, -0.05) is 12.1 Å². The zero-order chi connectivity index (χ0) is 20.8. The molecule has 2 heterocycles. The molecule has 29 heavy (non-hydrogen) atoms. The second-order valence-electron chi connectivity index (χ2n) is 7.08.